The molecule has 0 aromatic rings. The van der Waals surface area contributed by atoms with Crippen LogP contribution >= 0.6 is 0 Å². The number of aliphatic hydroxyl groups excluding tert-OH is 6. The highest BCUT2D eigenvalue weighted by molar-refractivity contribution is 6.89. The van der Waals surface area contributed by atoms with Gasteiger partial charge in [-0.15, -0.1) is 0 Å². The highest BCUT2D eigenvalue weighted by atomic mass is 28.5. The van der Waals surface area contributed by atoms with Crippen molar-refractivity contribution in [2.24, 2.45) is 0 Å². The molecule has 0 bridgehead atoms. The lowest BCUT2D eigenvalue weighted by Crippen LogP contribution is -2.56. The van der Waals surface area contributed by atoms with Crippen LogP contribution in [0.5, 0.6) is 0 Å². The summed E-state index contributed by atoms with van der Waals surface area (Å²) >= 11 is 0. The van der Waals surface area contributed by atoms with Crippen LogP contribution in [0.4, 0.5) is 0 Å². The predicted octanol–water partition coefficient (Wildman–Crippen LogP) is 0.615. The molecule has 37 heavy (non-hydrogen) atoms. The van der Waals surface area contributed by atoms with E-state index in [1.165, 1.54) is 0 Å². The van der Waals surface area contributed by atoms with Crippen molar-refractivity contribution in [3.05, 3.63) is 0 Å². The van der Waals surface area contributed by atoms with Crippen molar-refractivity contribution >= 4 is 33.8 Å². The topological polar surface area (TPSA) is 162 Å². The first kappa shape index (κ1) is 37.4. The SMILES string of the molecule is CN(CC(O)COCCC[Si](C)(O[Si](C)(C)C)O[Si](C)(C)O[Si](C)(C)C)CC(O)C(O)C(O)C(O)CO. The third kappa shape index (κ3) is 17.7. The first-order chi connectivity index (χ1) is 16.6. The molecule has 0 aromatic carbocycles. The molecule has 0 aromatic heterocycles. The minimum Gasteiger partial charge on any atom is -0.437 e. The van der Waals surface area contributed by atoms with Crippen LogP contribution in [-0.2, 0) is 17.1 Å². The Labute approximate surface area is 228 Å². The number of likely N-dealkylation sites (N-methyl/N-ethyl adjacent to an activating group) is 1. The Balaban J connectivity index is 4.66. The molecule has 0 saturated heterocycles. The predicted molar refractivity (Wildman–Crippen MR) is 154 cm³/mol. The minimum absolute atomic E-state index is 0.0536. The van der Waals surface area contributed by atoms with Gasteiger partial charge in [0, 0.05) is 19.7 Å². The van der Waals surface area contributed by atoms with Gasteiger partial charge >= 0.3 is 17.1 Å². The van der Waals surface area contributed by atoms with Crippen molar-refractivity contribution in [3.8, 4) is 0 Å². The molecule has 6 unspecified atom stereocenters. The van der Waals surface area contributed by atoms with Gasteiger partial charge in [-0.2, -0.15) is 0 Å². The molecule has 224 valence electrons. The molecule has 0 radical (unpaired) electrons. The summed E-state index contributed by atoms with van der Waals surface area (Å²) in [5.41, 5.74) is 0. The molecule has 0 aliphatic heterocycles. The van der Waals surface area contributed by atoms with Gasteiger partial charge in [-0.3, -0.25) is 0 Å². The lowest BCUT2D eigenvalue weighted by molar-refractivity contribution is -0.119. The van der Waals surface area contributed by atoms with Gasteiger partial charge in [0.25, 0.3) is 0 Å². The summed E-state index contributed by atoms with van der Waals surface area (Å²) in [6.07, 6.45) is -6.34. The van der Waals surface area contributed by atoms with Crippen LogP contribution in [0.1, 0.15) is 6.42 Å². The second kappa shape index (κ2) is 16.0. The maximum absolute atomic E-state index is 10.3. The monoisotopic (exact) mass is 605 g/mol. The standard InChI is InChI=1S/C22H55NO10Si4/c1-23(15-19(26)21(28)22(29)20(27)16-24)14-18(25)17-30-12-11-13-37(10,32-35(5,6)7)33-36(8,9)31-34(2,3)4/h18-22,24-29H,11-17H2,1-10H3. The minimum atomic E-state index is -2.51. The Hall–Kier alpha value is 0.428. The quantitative estimate of drug-likeness (QED) is 0.0852. The Bertz CT molecular complexity index is 638. The second-order valence-corrected chi connectivity index (χ2v) is 28.9. The van der Waals surface area contributed by atoms with Gasteiger partial charge in [0.05, 0.1) is 25.4 Å². The molecule has 0 saturated carbocycles. The van der Waals surface area contributed by atoms with Gasteiger partial charge < -0.3 is 52.6 Å². The third-order valence-corrected chi connectivity index (χ3v) is 18.7. The molecule has 0 spiro atoms. The van der Waals surface area contributed by atoms with Crippen LogP contribution in [0.15, 0.2) is 0 Å². The molecule has 6 atom stereocenters. The summed E-state index contributed by atoms with van der Waals surface area (Å²) in [6, 6.07) is 0.755. The van der Waals surface area contributed by atoms with Crippen molar-refractivity contribution in [1.82, 2.24) is 4.90 Å². The number of nitrogens with zero attached hydrogens (tertiary/aromatic N) is 1. The van der Waals surface area contributed by atoms with Gasteiger partial charge in [-0.1, -0.05) is 0 Å². The molecule has 0 heterocycles. The van der Waals surface area contributed by atoms with Crippen molar-refractivity contribution in [2.45, 2.75) is 102 Å². The van der Waals surface area contributed by atoms with E-state index in [-0.39, 0.29) is 19.7 Å². The summed E-state index contributed by atoms with van der Waals surface area (Å²) in [7, 11) is -6.83. The highest BCUT2D eigenvalue weighted by Gasteiger charge is 2.44. The molecule has 0 aliphatic carbocycles. The average Bonchev–Trinajstić information content (AvgIpc) is 2.67. The number of rotatable bonds is 20. The van der Waals surface area contributed by atoms with Crippen LogP contribution in [0.2, 0.25) is 65.0 Å². The number of ether oxygens (including phenoxy) is 1. The Morgan fingerprint density at radius 3 is 1.70 bits per heavy atom. The Morgan fingerprint density at radius 1 is 0.703 bits per heavy atom. The van der Waals surface area contributed by atoms with Crippen LogP contribution < -0.4 is 0 Å². The molecule has 11 nitrogen and oxygen atoms in total. The number of hydrogen-bond donors (Lipinski definition) is 6. The fraction of sp³-hybridized carbons (Fsp3) is 1.00. The van der Waals surface area contributed by atoms with Gasteiger partial charge in [0.15, 0.2) is 16.6 Å². The molecule has 0 amide bonds. The normalized spacial score (nSPS) is 19.4. The first-order valence-corrected chi connectivity index (χ1v) is 25.1. The largest absolute Gasteiger partial charge is 0.437 e. The molecule has 0 aliphatic rings. The summed E-state index contributed by atoms with van der Waals surface area (Å²) in [6.45, 7) is 19.1. The molecule has 0 rings (SSSR count). The van der Waals surface area contributed by atoms with E-state index < -0.39 is 70.9 Å². The van der Waals surface area contributed by atoms with E-state index in [4.69, 9.17) is 22.2 Å². The van der Waals surface area contributed by atoms with E-state index in [9.17, 15) is 25.5 Å². The van der Waals surface area contributed by atoms with Gasteiger partial charge in [0.2, 0.25) is 0 Å². The zero-order valence-corrected chi connectivity index (χ0v) is 28.6. The van der Waals surface area contributed by atoms with Gasteiger partial charge in [0.1, 0.15) is 18.3 Å². The van der Waals surface area contributed by atoms with E-state index in [2.05, 4.69) is 58.9 Å². The smallest absolute Gasteiger partial charge is 0.315 e. The van der Waals surface area contributed by atoms with E-state index in [1.54, 1.807) is 11.9 Å². The van der Waals surface area contributed by atoms with Crippen molar-refractivity contribution in [3.63, 3.8) is 0 Å². The molecule has 15 heteroatoms. The van der Waals surface area contributed by atoms with Gasteiger partial charge in [-0.05, 0) is 78.4 Å². The van der Waals surface area contributed by atoms with Crippen molar-refractivity contribution < 1.29 is 47.7 Å². The lowest BCUT2D eigenvalue weighted by atomic mass is 10.0. The van der Waals surface area contributed by atoms with Crippen molar-refractivity contribution in [1.29, 1.82) is 0 Å². The fourth-order valence-electron chi connectivity index (χ4n) is 4.24. The highest BCUT2D eigenvalue weighted by Crippen LogP contribution is 2.27. The third-order valence-electron chi connectivity index (χ3n) is 5.11. The maximum Gasteiger partial charge on any atom is 0.315 e. The van der Waals surface area contributed by atoms with Crippen LogP contribution in [0.3, 0.4) is 0 Å². The molecule has 0 fully saturated rings. The first-order valence-electron chi connectivity index (χ1n) is 13.0. The van der Waals surface area contributed by atoms with Gasteiger partial charge in [-0.25, -0.2) is 0 Å². The van der Waals surface area contributed by atoms with Crippen LogP contribution in [-0.4, -0.2) is 140 Å². The second-order valence-electron chi connectivity index (χ2n) is 12.4. The molecule has 6 N–H and O–H groups in total. The van der Waals surface area contributed by atoms with Crippen LogP contribution in [0.25, 0.3) is 0 Å². The fourth-order valence-corrected chi connectivity index (χ4v) is 22.2. The summed E-state index contributed by atoms with van der Waals surface area (Å²) in [5, 5.41) is 58.3. The zero-order chi connectivity index (χ0) is 29.2. The average molecular weight is 606 g/mol. The molecular weight excluding hydrogens is 551 g/mol. The van der Waals surface area contributed by atoms with Crippen LogP contribution in [0, 0.1) is 0 Å². The summed E-state index contributed by atoms with van der Waals surface area (Å²) in [4.78, 5) is 1.59. The number of aliphatic hydroxyl groups is 6. The summed E-state index contributed by atoms with van der Waals surface area (Å²) < 4.78 is 25.3. The van der Waals surface area contributed by atoms with E-state index >= 15 is 0 Å². The zero-order valence-electron chi connectivity index (χ0n) is 24.6. The van der Waals surface area contributed by atoms with Crippen molar-refractivity contribution in [2.75, 3.05) is 40.0 Å². The Kier molecular flexibility index (Phi) is 16.2. The Morgan fingerprint density at radius 2 is 1.22 bits per heavy atom. The maximum atomic E-state index is 10.3. The van der Waals surface area contributed by atoms with E-state index in [1.807, 2.05) is 0 Å². The summed E-state index contributed by atoms with van der Waals surface area (Å²) in [5.74, 6) is 0. The lowest BCUT2D eigenvalue weighted by Gasteiger charge is -2.41. The van der Waals surface area contributed by atoms with E-state index in [0.29, 0.717) is 6.61 Å². The molecular formula is C22H55NO10Si4. The number of hydrogen-bond acceptors (Lipinski definition) is 11. The van der Waals surface area contributed by atoms with E-state index in [0.717, 1.165) is 12.5 Å².